The van der Waals surface area contributed by atoms with E-state index in [0.717, 1.165) is 22.1 Å². The van der Waals surface area contributed by atoms with E-state index in [0.29, 0.717) is 10.4 Å². The van der Waals surface area contributed by atoms with Crippen molar-refractivity contribution in [3.63, 3.8) is 0 Å². The Hall–Kier alpha value is -2.39. The molecule has 0 saturated heterocycles. The molecule has 0 bridgehead atoms. The summed E-state index contributed by atoms with van der Waals surface area (Å²) in [4.78, 5) is 14.4. The summed E-state index contributed by atoms with van der Waals surface area (Å²) in [5.74, 6) is -1.30. The quantitative estimate of drug-likeness (QED) is 0.511. The van der Waals surface area contributed by atoms with E-state index in [4.69, 9.17) is 5.11 Å². The highest BCUT2D eigenvalue weighted by molar-refractivity contribution is 8.22. The second-order valence-corrected chi connectivity index (χ2v) is 8.57. The number of aromatic amines is 1. The van der Waals surface area contributed by atoms with Crippen LogP contribution in [-0.2, 0) is 4.79 Å². The number of nitrogens with one attached hydrogen (secondary N) is 1. The van der Waals surface area contributed by atoms with Gasteiger partial charge in [-0.05, 0) is 48.4 Å². The van der Waals surface area contributed by atoms with Crippen molar-refractivity contribution in [1.82, 2.24) is 9.29 Å². The molecule has 1 aliphatic rings. The number of benzene rings is 2. The van der Waals surface area contributed by atoms with Gasteiger partial charge in [0, 0.05) is 29.2 Å². The number of hydrogen-bond donors (Lipinski definition) is 4. The molecule has 1 aliphatic heterocycles. The number of rotatable bonds is 4. The van der Waals surface area contributed by atoms with Gasteiger partial charge in [-0.3, -0.25) is 13.9 Å². The van der Waals surface area contributed by atoms with Gasteiger partial charge in [-0.2, -0.15) is 4.31 Å². The zero-order valence-electron chi connectivity index (χ0n) is 14.5. The minimum Gasteiger partial charge on any atom is -0.481 e. The van der Waals surface area contributed by atoms with Crippen molar-refractivity contribution in [2.24, 2.45) is 0 Å². The number of hydrogen-bond acceptors (Lipinski definition) is 4. The van der Waals surface area contributed by atoms with E-state index in [2.05, 4.69) is 4.98 Å². The molecule has 1 unspecified atom stereocenters. The van der Waals surface area contributed by atoms with Gasteiger partial charge in [0.05, 0.1) is 17.4 Å². The van der Waals surface area contributed by atoms with Crippen LogP contribution in [0.3, 0.4) is 0 Å². The number of fused-ring (bicyclic) bond motifs is 2. The molecule has 0 aliphatic carbocycles. The molecule has 0 radical (unpaired) electrons. The topological polar surface area (TPSA) is 96.8 Å². The summed E-state index contributed by atoms with van der Waals surface area (Å²) in [5.41, 5.74) is 3.20. The second-order valence-electron chi connectivity index (χ2n) is 6.62. The predicted molar refractivity (Wildman–Crippen MR) is 102 cm³/mol. The molecule has 1 atom stereocenters. The molecule has 4 N–H and O–H groups in total. The van der Waals surface area contributed by atoms with Crippen LogP contribution in [0.2, 0.25) is 0 Å². The number of carbonyl (C=O) groups is 1. The molecule has 4 rings (SSSR count). The van der Waals surface area contributed by atoms with Crippen molar-refractivity contribution in [2.75, 3.05) is 6.54 Å². The van der Waals surface area contributed by atoms with Crippen molar-refractivity contribution in [3.8, 4) is 11.1 Å². The highest BCUT2D eigenvalue weighted by Gasteiger charge is 2.40. The molecule has 0 amide bonds. The predicted octanol–water partition coefficient (Wildman–Crippen LogP) is 4.85. The highest BCUT2D eigenvalue weighted by Crippen LogP contribution is 2.63. The van der Waals surface area contributed by atoms with Crippen LogP contribution in [0.15, 0.2) is 47.5 Å². The Balaban J connectivity index is 1.76. The molecule has 6 nitrogen and oxygen atoms in total. The van der Waals surface area contributed by atoms with Crippen molar-refractivity contribution in [2.45, 2.75) is 24.3 Å². The summed E-state index contributed by atoms with van der Waals surface area (Å²) in [6.07, 6.45) is 1.63. The van der Waals surface area contributed by atoms with Crippen molar-refractivity contribution in [3.05, 3.63) is 54.0 Å². The number of carboxylic acids is 1. The summed E-state index contributed by atoms with van der Waals surface area (Å²) in [5, 5.41) is 9.80. The summed E-state index contributed by atoms with van der Waals surface area (Å²) in [6, 6.07) is 9.58. The van der Waals surface area contributed by atoms with E-state index in [-0.39, 0.29) is 24.8 Å². The van der Waals surface area contributed by atoms with Crippen LogP contribution in [0.25, 0.3) is 22.0 Å². The lowest BCUT2D eigenvalue weighted by atomic mass is 9.99. The zero-order chi connectivity index (χ0) is 19.3. The van der Waals surface area contributed by atoms with Gasteiger partial charge in [0.15, 0.2) is 0 Å². The second kappa shape index (κ2) is 6.35. The molecular formula is C19H19FN2O4S. The third-order valence-corrected chi connectivity index (χ3v) is 7.13. The van der Waals surface area contributed by atoms with E-state index >= 15 is 0 Å². The number of H-pyrrole nitrogens is 1. The van der Waals surface area contributed by atoms with E-state index in [9.17, 15) is 18.3 Å². The van der Waals surface area contributed by atoms with Crippen LogP contribution in [0.5, 0.6) is 0 Å². The lowest BCUT2D eigenvalue weighted by Gasteiger charge is -2.38. The molecule has 8 heteroatoms. The fraction of sp³-hybridized carbons (Fsp3) is 0.211. The summed E-state index contributed by atoms with van der Waals surface area (Å²) in [7, 11) is -3.21. The van der Waals surface area contributed by atoms with Gasteiger partial charge in [-0.15, -0.1) is 10.8 Å². The number of aromatic nitrogens is 1. The van der Waals surface area contributed by atoms with Crippen molar-refractivity contribution in [1.29, 1.82) is 0 Å². The monoisotopic (exact) mass is 390 g/mol. The van der Waals surface area contributed by atoms with Gasteiger partial charge in [-0.1, -0.05) is 6.07 Å². The molecule has 1 aromatic heterocycles. The molecule has 2 aromatic carbocycles. The van der Waals surface area contributed by atoms with Crippen LogP contribution in [0.1, 0.15) is 24.9 Å². The van der Waals surface area contributed by atoms with Gasteiger partial charge in [0.1, 0.15) is 5.82 Å². The highest BCUT2D eigenvalue weighted by atomic mass is 32.3. The molecule has 3 aromatic rings. The van der Waals surface area contributed by atoms with Gasteiger partial charge < -0.3 is 10.1 Å². The van der Waals surface area contributed by atoms with Crippen LogP contribution < -0.4 is 0 Å². The molecule has 0 saturated carbocycles. The number of nitrogens with zero attached hydrogens (tertiary/aromatic N) is 1. The summed E-state index contributed by atoms with van der Waals surface area (Å²) in [6.45, 7) is 1.88. The largest absolute Gasteiger partial charge is 0.481 e. The SMILES string of the molecule is CC1c2cc(-c3c[nH]c4cc(F)ccc34)ccc2S(O)(O)N1CCC(=O)O. The van der Waals surface area contributed by atoms with Crippen molar-refractivity contribution >= 4 is 27.6 Å². The molecule has 27 heavy (non-hydrogen) atoms. The molecule has 0 spiro atoms. The average molecular weight is 390 g/mol. The third kappa shape index (κ3) is 2.90. The number of aliphatic carboxylic acids is 1. The standard InChI is InChI=1S/C19H19FN2O4S/c1-11-15-8-12(16-10-21-17-9-13(20)3-4-14(16)17)2-5-18(15)27(25,26)22(11)7-6-19(23)24/h2-5,8-11,21,25-26H,6-7H2,1H3,(H,23,24). The lowest BCUT2D eigenvalue weighted by molar-refractivity contribution is -0.137. The van der Waals surface area contributed by atoms with E-state index in [1.165, 1.54) is 16.4 Å². The maximum absolute atomic E-state index is 13.4. The first-order valence-corrected chi connectivity index (χ1v) is 9.97. The minimum atomic E-state index is -3.21. The first-order valence-electron chi connectivity index (χ1n) is 8.47. The summed E-state index contributed by atoms with van der Waals surface area (Å²) < 4.78 is 36.1. The Morgan fingerprint density at radius 3 is 2.78 bits per heavy atom. The van der Waals surface area contributed by atoms with Crippen LogP contribution in [-0.4, -0.2) is 36.0 Å². The summed E-state index contributed by atoms with van der Waals surface area (Å²) >= 11 is 0. The number of halogens is 1. The maximum Gasteiger partial charge on any atom is 0.304 e. The van der Waals surface area contributed by atoms with Gasteiger partial charge in [0.2, 0.25) is 0 Å². The van der Waals surface area contributed by atoms with Gasteiger partial charge in [0.25, 0.3) is 0 Å². The maximum atomic E-state index is 13.4. The Morgan fingerprint density at radius 2 is 2.04 bits per heavy atom. The average Bonchev–Trinajstić information content (AvgIpc) is 3.10. The van der Waals surface area contributed by atoms with Crippen LogP contribution in [0, 0.1) is 5.82 Å². The smallest absolute Gasteiger partial charge is 0.304 e. The first-order chi connectivity index (χ1) is 12.8. The third-order valence-electron chi connectivity index (χ3n) is 5.01. The molecule has 0 fully saturated rings. The molecular weight excluding hydrogens is 371 g/mol. The van der Waals surface area contributed by atoms with Crippen molar-refractivity contribution < 1.29 is 23.4 Å². The normalized spacial score (nSPS) is 19.9. The fourth-order valence-electron chi connectivity index (χ4n) is 3.66. The van der Waals surface area contributed by atoms with Gasteiger partial charge >= 0.3 is 5.97 Å². The minimum absolute atomic E-state index is 0.0508. The Kier molecular flexibility index (Phi) is 4.23. The molecule has 142 valence electrons. The van der Waals surface area contributed by atoms with Crippen LogP contribution in [0.4, 0.5) is 4.39 Å². The van der Waals surface area contributed by atoms with Crippen LogP contribution >= 0.6 is 10.8 Å². The van der Waals surface area contributed by atoms with E-state index in [1.54, 1.807) is 24.4 Å². The molecule has 2 heterocycles. The van der Waals surface area contributed by atoms with E-state index < -0.39 is 16.7 Å². The lowest BCUT2D eigenvalue weighted by Crippen LogP contribution is -2.26. The Labute approximate surface area is 156 Å². The Morgan fingerprint density at radius 1 is 1.26 bits per heavy atom. The first kappa shape index (κ1) is 18.0. The number of carboxylic acid groups (broad SMARTS) is 1. The van der Waals surface area contributed by atoms with E-state index in [1.807, 2.05) is 13.0 Å². The fourth-order valence-corrected chi connectivity index (χ4v) is 5.61. The van der Waals surface area contributed by atoms with Gasteiger partial charge in [-0.25, -0.2) is 4.39 Å². The zero-order valence-corrected chi connectivity index (χ0v) is 15.3. The Bertz CT molecular complexity index is 1050.